The van der Waals surface area contributed by atoms with Gasteiger partial charge in [-0.1, -0.05) is 121 Å². The Bertz CT molecular complexity index is 1520. The van der Waals surface area contributed by atoms with Crippen molar-refractivity contribution in [2.45, 2.75) is 83.2 Å². The van der Waals surface area contributed by atoms with Gasteiger partial charge in [-0.05, 0) is 36.1 Å². The molecule has 4 aromatic rings. The van der Waals surface area contributed by atoms with E-state index in [4.69, 9.17) is 32.7 Å². The first-order valence-corrected chi connectivity index (χ1v) is 18.4. The molecule has 1 saturated heterocycles. The zero-order chi connectivity index (χ0) is 34.3. The molecule has 0 spiro atoms. The van der Waals surface area contributed by atoms with E-state index in [2.05, 4.69) is 0 Å². The predicted molar refractivity (Wildman–Crippen MR) is 186 cm³/mol. The molecule has 0 aliphatic carbocycles. The van der Waals surface area contributed by atoms with Crippen molar-refractivity contribution in [1.29, 1.82) is 0 Å². The summed E-state index contributed by atoms with van der Waals surface area (Å²) in [5, 5.41) is 11.4. The van der Waals surface area contributed by atoms with Crippen molar-refractivity contribution in [3.63, 3.8) is 0 Å². The van der Waals surface area contributed by atoms with Gasteiger partial charge >= 0.3 is 7.60 Å². The summed E-state index contributed by atoms with van der Waals surface area (Å²) < 4.78 is 57.8. The maximum absolute atomic E-state index is 13.7. The van der Waals surface area contributed by atoms with Crippen LogP contribution in [0.5, 0.6) is 0 Å². The molecule has 49 heavy (non-hydrogen) atoms. The molecule has 0 unspecified atom stereocenters. The zero-order valence-electron chi connectivity index (χ0n) is 28.1. The van der Waals surface area contributed by atoms with Crippen LogP contribution >= 0.6 is 7.60 Å². The number of aliphatic hydroxyl groups excluding tert-OH is 1. The fraction of sp³-hybridized carbons (Fsp3) is 0.385. The molecule has 9 nitrogen and oxygen atoms in total. The molecule has 0 radical (unpaired) electrons. The Morgan fingerprint density at radius 3 is 1.35 bits per heavy atom. The summed E-state index contributed by atoms with van der Waals surface area (Å²) in [7, 11) is -3.91. The predicted octanol–water partition coefficient (Wildman–Crippen LogP) is 7.66. The van der Waals surface area contributed by atoms with Crippen molar-refractivity contribution in [3.8, 4) is 0 Å². The van der Waals surface area contributed by atoms with Gasteiger partial charge in [-0.25, -0.2) is 0 Å². The van der Waals surface area contributed by atoms with Gasteiger partial charge in [0.15, 0.2) is 12.1 Å². The van der Waals surface area contributed by atoms with Gasteiger partial charge < -0.3 is 37.8 Å². The van der Waals surface area contributed by atoms with Gasteiger partial charge in [0.05, 0.1) is 45.7 Å². The van der Waals surface area contributed by atoms with Crippen molar-refractivity contribution < 1.29 is 42.4 Å². The van der Waals surface area contributed by atoms with Crippen molar-refractivity contribution in [2.75, 3.05) is 13.2 Å². The fourth-order valence-corrected chi connectivity index (χ4v) is 7.33. The number of hydrogen-bond acceptors (Lipinski definition) is 9. The van der Waals surface area contributed by atoms with Crippen molar-refractivity contribution in [2.24, 2.45) is 0 Å². The zero-order valence-corrected chi connectivity index (χ0v) is 29.0. The van der Waals surface area contributed by atoms with Gasteiger partial charge in [-0.3, -0.25) is 4.57 Å². The largest absolute Gasteiger partial charge is 0.380 e. The standard InChI is InChI=1S/C39H47O9P/c1-3-46-49(41,47-4-2)35(40)25-34-36(42-26-30-17-9-5-10-18-30)37(43-27-31-19-11-6-12-20-31)38(44-28-32-21-13-7-14-22-32)39(48-34)45-29-33-23-15-8-16-24-33/h5-24,34-40H,3-4,25-29H2,1-2H3/t34-,35-,36-,37+,38-,39-/m1/s1. The summed E-state index contributed by atoms with van der Waals surface area (Å²) in [6.45, 7) is 4.63. The van der Waals surface area contributed by atoms with Crippen molar-refractivity contribution in [3.05, 3.63) is 144 Å². The molecule has 0 aromatic heterocycles. The monoisotopic (exact) mass is 690 g/mol. The van der Waals surface area contributed by atoms with E-state index >= 15 is 0 Å². The van der Waals surface area contributed by atoms with Crippen molar-refractivity contribution in [1.82, 2.24) is 0 Å². The Labute approximate surface area is 289 Å². The van der Waals surface area contributed by atoms with Crippen LogP contribution in [0, 0.1) is 0 Å². The van der Waals surface area contributed by atoms with Crippen LogP contribution in [0.1, 0.15) is 42.5 Å². The Morgan fingerprint density at radius 1 is 0.571 bits per heavy atom. The third-order valence-electron chi connectivity index (χ3n) is 8.13. The summed E-state index contributed by atoms with van der Waals surface area (Å²) in [4.78, 5) is 0. The van der Waals surface area contributed by atoms with Crippen molar-refractivity contribution >= 4 is 7.60 Å². The SMILES string of the molecule is CCOP(=O)(OCC)[C@@H](O)C[C@H]1O[C@@H](OCc2ccccc2)[C@H](OCc2ccccc2)[C@@H](OCc2ccccc2)[C@@H]1OCc1ccccc1. The number of aliphatic hydroxyl groups is 1. The molecule has 0 bridgehead atoms. The van der Waals surface area contributed by atoms with Gasteiger partial charge in [0.25, 0.3) is 0 Å². The molecule has 1 N–H and O–H groups in total. The Morgan fingerprint density at radius 2 is 0.939 bits per heavy atom. The number of hydrogen-bond donors (Lipinski definition) is 1. The highest BCUT2D eigenvalue weighted by Gasteiger charge is 2.51. The lowest BCUT2D eigenvalue weighted by molar-refractivity contribution is -0.327. The van der Waals surface area contributed by atoms with Gasteiger partial charge in [0.2, 0.25) is 0 Å². The summed E-state index contributed by atoms with van der Waals surface area (Å²) in [6, 6.07) is 39.3. The molecule has 1 heterocycles. The molecule has 5 rings (SSSR count). The van der Waals surface area contributed by atoms with E-state index in [-0.39, 0.29) is 46.1 Å². The third-order valence-corrected chi connectivity index (χ3v) is 10.3. The van der Waals surface area contributed by atoms with Gasteiger partial charge in [-0.15, -0.1) is 0 Å². The quantitative estimate of drug-likeness (QED) is 0.0994. The lowest BCUT2D eigenvalue weighted by atomic mass is 9.95. The van der Waals surface area contributed by atoms with E-state index in [1.807, 2.05) is 121 Å². The van der Waals surface area contributed by atoms with Crippen LogP contribution < -0.4 is 0 Å². The first kappa shape index (κ1) is 37.1. The molecule has 1 aliphatic rings. The third kappa shape index (κ3) is 10.9. The molecule has 10 heteroatoms. The van der Waals surface area contributed by atoms with Gasteiger partial charge in [0, 0.05) is 6.42 Å². The first-order valence-electron chi connectivity index (χ1n) is 16.8. The van der Waals surface area contributed by atoms with E-state index < -0.39 is 44.1 Å². The molecule has 0 saturated carbocycles. The van der Waals surface area contributed by atoms with Crippen LogP contribution in [0.2, 0.25) is 0 Å². The van der Waals surface area contributed by atoms with E-state index in [0.29, 0.717) is 0 Å². The molecular weight excluding hydrogens is 643 g/mol. The number of benzene rings is 4. The van der Waals surface area contributed by atoms with Gasteiger partial charge in [-0.2, -0.15) is 0 Å². The summed E-state index contributed by atoms with van der Waals surface area (Å²) >= 11 is 0. The van der Waals surface area contributed by atoms with Crippen LogP contribution in [0.4, 0.5) is 0 Å². The van der Waals surface area contributed by atoms with E-state index in [1.54, 1.807) is 13.8 Å². The molecule has 1 aliphatic heterocycles. The van der Waals surface area contributed by atoms with Crippen LogP contribution in [0.3, 0.4) is 0 Å². The average molecular weight is 691 g/mol. The molecule has 6 atom stereocenters. The summed E-state index contributed by atoms with van der Waals surface area (Å²) in [5.74, 6) is -1.49. The normalized spacial score (nSPS) is 21.7. The Kier molecular flexibility index (Phi) is 14.6. The minimum absolute atomic E-state index is 0.106. The minimum Gasteiger partial charge on any atom is -0.380 e. The van der Waals surface area contributed by atoms with E-state index in [0.717, 1.165) is 22.3 Å². The summed E-state index contributed by atoms with van der Waals surface area (Å²) in [5.41, 5.74) is 3.83. The van der Waals surface area contributed by atoms with Crippen LogP contribution in [0.15, 0.2) is 121 Å². The second-order valence-corrected chi connectivity index (χ2v) is 13.9. The van der Waals surface area contributed by atoms with Gasteiger partial charge in [0.1, 0.15) is 18.3 Å². The summed E-state index contributed by atoms with van der Waals surface area (Å²) in [6.07, 6.45) is -4.14. The highest BCUT2D eigenvalue weighted by atomic mass is 31.2. The topological polar surface area (TPSA) is 102 Å². The maximum Gasteiger partial charge on any atom is 0.358 e. The smallest absolute Gasteiger partial charge is 0.358 e. The molecule has 262 valence electrons. The van der Waals surface area contributed by atoms with E-state index in [1.165, 1.54) is 0 Å². The lowest BCUT2D eigenvalue weighted by Gasteiger charge is -2.46. The Balaban J connectivity index is 1.51. The van der Waals surface area contributed by atoms with Crippen LogP contribution in [-0.2, 0) is 63.7 Å². The average Bonchev–Trinajstić information content (AvgIpc) is 3.14. The minimum atomic E-state index is -3.91. The highest BCUT2D eigenvalue weighted by molar-refractivity contribution is 7.54. The van der Waals surface area contributed by atoms with Crippen LogP contribution in [-0.4, -0.2) is 54.9 Å². The highest BCUT2D eigenvalue weighted by Crippen LogP contribution is 2.54. The first-order chi connectivity index (χ1) is 24.0. The molecular formula is C39H47O9P. The Hall–Kier alpha value is -3.21. The number of rotatable bonds is 19. The van der Waals surface area contributed by atoms with E-state index in [9.17, 15) is 9.67 Å². The second-order valence-electron chi connectivity index (χ2n) is 11.7. The number of ether oxygens (including phenoxy) is 5. The lowest BCUT2D eigenvalue weighted by Crippen LogP contribution is -2.61. The molecule has 4 aromatic carbocycles. The van der Waals surface area contributed by atoms with Crippen LogP contribution in [0.25, 0.3) is 0 Å². The maximum atomic E-state index is 13.7. The molecule has 1 fully saturated rings. The second kappa shape index (κ2) is 19.3. The fourth-order valence-electron chi connectivity index (χ4n) is 5.73. The molecule has 0 amide bonds.